The van der Waals surface area contributed by atoms with E-state index in [9.17, 15) is 9.59 Å². The van der Waals surface area contributed by atoms with Crippen LogP contribution in [0.1, 0.15) is 50.1 Å². The van der Waals surface area contributed by atoms with Gasteiger partial charge in [0.05, 0.1) is 12.2 Å². The van der Waals surface area contributed by atoms with Crippen LogP contribution in [0.15, 0.2) is 34.5 Å². The van der Waals surface area contributed by atoms with Crippen molar-refractivity contribution in [3.8, 4) is 0 Å². The summed E-state index contributed by atoms with van der Waals surface area (Å²) in [6, 6.07) is 3.45. The van der Waals surface area contributed by atoms with Crippen molar-refractivity contribution in [1.82, 2.24) is 9.80 Å². The number of ether oxygens (including phenoxy) is 1. The van der Waals surface area contributed by atoms with Gasteiger partial charge in [0.2, 0.25) is 0 Å². The summed E-state index contributed by atoms with van der Waals surface area (Å²) in [5, 5.41) is 0. The van der Waals surface area contributed by atoms with E-state index in [0.717, 1.165) is 26.1 Å². The molecular formula is C24H32N2O4. The van der Waals surface area contributed by atoms with Gasteiger partial charge in [-0.2, -0.15) is 0 Å². The number of rotatable bonds is 3. The predicted molar refractivity (Wildman–Crippen MR) is 112 cm³/mol. The number of carbonyl (C=O) groups excluding carboxylic acids is 2. The fourth-order valence-electron chi connectivity index (χ4n) is 6.23. The van der Waals surface area contributed by atoms with E-state index in [4.69, 9.17) is 9.15 Å². The molecule has 1 amide bonds. The quantitative estimate of drug-likeness (QED) is 0.563. The molecule has 5 unspecified atom stereocenters. The van der Waals surface area contributed by atoms with Crippen molar-refractivity contribution >= 4 is 11.9 Å². The van der Waals surface area contributed by atoms with Gasteiger partial charge in [0.15, 0.2) is 5.76 Å². The molecule has 4 aliphatic rings. The lowest BCUT2D eigenvalue weighted by Crippen LogP contribution is -2.50. The summed E-state index contributed by atoms with van der Waals surface area (Å²) in [4.78, 5) is 29.4. The van der Waals surface area contributed by atoms with Gasteiger partial charge >= 0.3 is 5.97 Å². The minimum Gasteiger partial charge on any atom is -0.461 e. The molecule has 5 atom stereocenters. The van der Waals surface area contributed by atoms with Crippen LogP contribution in [0.3, 0.4) is 0 Å². The van der Waals surface area contributed by atoms with E-state index in [0.29, 0.717) is 24.8 Å². The van der Waals surface area contributed by atoms with Crippen LogP contribution in [0.2, 0.25) is 0 Å². The Labute approximate surface area is 178 Å². The third-order valence-electron chi connectivity index (χ3n) is 7.93. The van der Waals surface area contributed by atoms with Crippen LogP contribution in [0.5, 0.6) is 0 Å². The summed E-state index contributed by atoms with van der Waals surface area (Å²) in [6.45, 7) is 8.29. The number of allylic oxidation sites excluding steroid dienone is 1. The molecule has 2 aliphatic carbocycles. The van der Waals surface area contributed by atoms with Gasteiger partial charge in [-0.25, -0.2) is 0 Å². The number of nitrogens with zero attached hydrogens (tertiary/aromatic N) is 2. The zero-order chi connectivity index (χ0) is 20.9. The number of hydrogen-bond acceptors (Lipinski definition) is 5. The predicted octanol–water partition coefficient (Wildman–Crippen LogP) is 3.35. The second kappa shape index (κ2) is 7.56. The fraction of sp³-hybridized carbons (Fsp3) is 0.667. The number of fused-ring (bicyclic) bond motifs is 2. The molecule has 1 saturated carbocycles. The Kier molecular flexibility index (Phi) is 5.00. The highest BCUT2D eigenvalue weighted by Gasteiger charge is 2.52. The Balaban J connectivity index is 1.25. The lowest BCUT2D eigenvalue weighted by Gasteiger charge is -2.46. The topological polar surface area (TPSA) is 63.0 Å². The molecule has 0 radical (unpaired) electrons. The molecule has 5 rings (SSSR count). The van der Waals surface area contributed by atoms with Crippen LogP contribution in [-0.4, -0.2) is 60.5 Å². The maximum Gasteiger partial charge on any atom is 0.311 e. The maximum atomic E-state index is 12.8. The summed E-state index contributed by atoms with van der Waals surface area (Å²) >= 11 is 0. The van der Waals surface area contributed by atoms with Crippen LogP contribution < -0.4 is 0 Å². The normalized spacial score (nSPS) is 36.7. The van der Waals surface area contributed by atoms with Gasteiger partial charge in [-0.05, 0) is 42.7 Å². The van der Waals surface area contributed by atoms with Crippen LogP contribution in [0.4, 0.5) is 0 Å². The molecule has 2 aliphatic heterocycles. The molecule has 6 heteroatoms. The molecule has 3 fully saturated rings. The number of furan rings is 1. The molecule has 6 nitrogen and oxygen atoms in total. The summed E-state index contributed by atoms with van der Waals surface area (Å²) in [5.41, 5.74) is 1.76. The second-order valence-corrected chi connectivity index (χ2v) is 9.91. The van der Waals surface area contributed by atoms with E-state index >= 15 is 0 Å². The average molecular weight is 413 g/mol. The third kappa shape index (κ3) is 3.39. The maximum absolute atomic E-state index is 12.8. The smallest absolute Gasteiger partial charge is 0.311 e. The summed E-state index contributed by atoms with van der Waals surface area (Å²) in [5.74, 6) is 1.02. The average Bonchev–Trinajstić information content (AvgIpc) is 3.35. The van der Waals surface area contributed by atoms with E-state index in [1.165, 1.54) is 25.5 Å². The van der Waals surface area contributed by atoms with E-state index in [1.54, 1.807) is 17.7 Å². The molecular weight excluding hydrogens is 380 g/mol. The molecule has 1 aromatic heterocycles. The fourth-order valence-corrected chi connectivity index (χ4v) is 6.23. The van der Waals surface area contributed by atoms with Gasteiger partial charge in [-0.3, -0.25) is 14.5 Å². The van der Waals surface area contributed by atoms with Crippen LogP contribution in [0, 0.1) is 23.2 Å². The first-order chi connectivity index (χ1) is 14.4. The number of amides is 1. The Morgan fingerprint density at radius 1 is 1.27 bits per heavy atom. The highest BCUT2D eigenvalue weighted by atomic mass is 16.6. The monoisotopic (exact) mass is 412 g/mol. The van der Waals surface area contributed by atoms with E-state index < -0.39 is 0 Å². The SMILES string of the molecule is CC1CCCC2(C)CC3OC(=O)C(CN4CCN(C(=O)c5ccco5)CC4)C3C=C12. The van der Waals surface area contributed by atoms with Crippen molar-refractivity contribution in [2.45, 2.75) is 45.6 Å². The van der Waals surface area contributed by atoms with Gasteiger partial charge < -0.3 is 14.1 Å². The van der Waals surface area contributed by atoms with Crippen molar-refractivity contribution in [2.75, 3.05) is 32.7 Å². The van der Waals surface area contributed by atoms with Crippen LogP contribution in [-0.2, 0) is 9.53 Å². The summed E-state index contributed by atoms with van der Waals surface area (Å²) in [6.07, 6.45) is 8.69. The van der Waals surface area contributed by atoms with Crippen molar-refractivity contribution < 1.29 is 18.7 Å². The summed E-state index contributed by atoms with van der Waals surface area (Å²) in [7, 11) is 0. The molecule has 0 aromatic carbocycles. The molecule has 0 N–H and O–H groups in total. The minimum absolute atomic E-state index is 0.0309. The third-order valence-corrected chi connectivity index (χ3v) is 7.93. The molecule has 3 heterocycles. The highest BCUT2D eigenvalue weighted by Crippen LogP contribution is 2.54. The molecule has 30 heavy (non-hydrogen) atoms. The first-order valence-electron chi connectivity index (χ1n) is 11.4. The lowest BCUT2D eigenvalue weighted by atomic mass is 9.59. The first kappa shape index (κ1) is 19.9. The van der Waals surface area contributed by atoms with Gasteiger partial charge in [0.1, 0.15) is 6.10 Å². The van der Waals surface area contributed by atoms with Gasteiger partial charge in [0, 0.05) is 38.6 Å². The number of piperazine rings is 1. The highest BCUT2D eigenvalue weighted by molar-refractivity contribution is 5.91. The summed E-state index contributed by atoms with van der Waals surface area (Å²) < 4.78 is 11.1. The number of carbonyl (C=O) groups is 2. The van der Waals surface area contributed by atoms with E-state index in [1.807, 2.05) is 4.90 Å². The minimum atomic E-state index is -0.0894. The Morgan fingerprint density at radius 2 is 2.07 bits per heavy atom. The van der Waals surface area contributed by atoms with Crippen molar-refractivity contribution in [3.63, 3.8) is 0 Å². The van der Waals surface area contributed by atoms with Gasteiger partial charge in [-0.1, -0.05) is 31.9 Å². The Hall–Kier alpha value is -2.08. The lowest BCUT2D eigenvalue weighted by molar-refractivity contribution is -0.145. The van der Waals surface area contributed by atoms with E-state index in [-0.39, 0.29) is 35.2 Å². The largest absolute Gasteiger partial charge is 0.461 e. The van der Waals surface area contributed by atoms with Crippen LogP contribution in [0.25, 0.3) is 0 Å². The second-order valence-electron chi connectivity index (χ2n) is 9.91. The van der Waals surface area contributed by atoms with Crippen molar-refractivity contribution in [1.29, 1.82) is 0 Å². The molecule has 0 bridgehead atoms. The number of hydrogen-bond donors (Lipinski definition) is 0. The van der Waals surface area contributed by atoms with Gasteiger partial charge in [0.25, 0.3) is 5.91 Å². The van der Waals surface area contributed by atoms with Gasteiger partial charge in [-0.15, -0.1) is 0 Å². The molecule has 0 spiro atoms. The Morgan fingerprint density at radius 3 is 2.80 bits per heavy atom. The molecule has 1 aromatic rings. The zero-order valence-electron chi connectivity index (χ0n) is 18.0. The molecule has 2 saturated heterocycles. The zero-order valence-corrected chi connectivity index (χ0v) is 18.0. The first-order valence-corrected chi connectivity index (χ1v) is 11.4. The van der Waals surface area contributed by atoms with Crippen molar-refractivity contribution in [2.24, 2.45) is 23.2 Å². The Bertz CT molecular complexity index is 839. The van der Waals surface area contributed by atoms with Crippen molar-refractivity contribution in [3.05, 3.63) is 35.8 Å². The van der Waals surface area contributed by atoms with Crippen LogP contribution >= 0.6 is 0 Å². The van der Waals surface area contributed by atoms with E-state index in [2.05, 4.69) is 24.8 Å². The number of esters is 1. The molecule has 162 valence electrons. The standard InChI is InChI=1S/C24H32N2O4/c1-16-5-3-7-24(2)14-21-17(13-19(16)24)18(23(28)30-21)15-25-8-10-26(11-9-25)22(27)20-6-4-12-29-20/h4,6,12-13,16-18,21H,3,5,7-11,14-15H2,1-2H3.